The summed E-state index contributed by atoms with van der Waals surface area (Å²) in [4.78, 5) is 48.3. The van der Waals surface area contributed by atoms with Crippen LogP contribution < -0.4 is 0 Å². The van der Waals surface area contributed by atoms with Gasteiger partial charge in [-0.25, -0.2) is 0 Å². The number of rotatable bonds is 6. The largest absolute Gasteiger partial charge is 0.458 e. The van der Waals surface area contributed by atoms with Crippen molar-refractivity contribution in [2.24, 2.45) is 28.6 Å². The molecule has 1 N–H and O–H groups in total. The van der Waals surface area contributed by atoms with E-state index >= 15 is 0 Å². The minimum absolute atomic E-state index is 0.0366. The monoisotopic (exact) mass is 454 g/mol. The highest BCUT2D eigenvalue weighted by atomic mass is 16.5. The van der Waals surface area contributed by atoms with Gasteiger partial charge in [0.2, 0.25) is 5.78 Å². The van der Waals surface area contributed by atoms with Gasteiger partial charge >= 0.3 is 5.97 Å². The zero-order valence-electron chi connectivity index (χ0n) is 20.0. The summed E-state index contributed by atoms with van der Waals surface area (Å²) in [5, 5.41) is 11.8. The number of carbonyl (C=O) groups is 4. The molecule has 178 valence electrons. The highest BCUT2D eigenvalue weighted by molar-refractivity contribution is 6.01. The van der Waals surface area contributed by atoms with Gasteiger partial charge in [-0.05, 0) is 69.4 Å². The van der Waals surface area contributed by atoms with Crippen LogP contribution in [0.15, 0.2) is 35.5 Å². The third-order valence-corrected chi connectivity index (χ3v) is 9.00. The summed E-state index contributed by atoms with van der Waals surface area (Å²) in [6.07, 6.45) is 10.6. The van der Waals surface area contributed by atoms with Gasteiger partial charge in [0.15, 0.2) is 12.4 Å². The Kier molecular flexibility index (Phi) is 5.88. The second-order valence-corrected chi connectivity index (χ2v) is 10.8. The number of ketones is 3. The first-order valence-corrected chi connectivity index (χ1v) is 12.0. The Morgan fingerprint density at radius 1 is 1.21 bits per heavy atom. The van der Waals surface area contributed by atoms with Crippen molar-refractivity contribution in [2.45, 2.75) is 71.8 Å². The fourth-order valence-corrected chi connectivity index (χ4v) is 7.07. The maximum absolute atomic E-state index is 13.3. The molecule has 6 nitrogen and oxygen atoms in total. The van der Waals surface area contributed by atoms with Crippen molar-refractivity contribution in [3.05, 3.63) is 35.5 Å². The van der Waals surface area contributed by atoms with Gasteiger partial charge in [-0.3, -0.25) is 14.4 Å². The molecule has 33 heavy (non-hydrogen) atoms. The van der Waals surface area contributed by atoms with E-state index < -0.39 is 29.4 Å². The summed E-state index contributed by atoms with van der Waals surface area (Å²) >= 11 is 0. The van der Waals surface area contributed by atoms with Crippen LogP contribution in [0, 0.1) is 28.6 Å². The van der Waals surface area contributed by atoms with E-state index in [4.69, 9.17) is 4.74 Å². The van der Waals surface area contributed by atoms with Gasteiger partial charge in [-0.1, -0.05) is 37.1 Å². The van der Waals surface area contributed by atoms with Crippen LogP contribution in [0.25, 0.3) is 0 Å². The maximum atomic E-state index is 13.3. The van der Waals surface area contributed by atoms with E-state index in [1.807, 2.05) is 19.9 Å². The molecular weight excluding hydrogens is 420 g/mol. The molecule has 0 aromatic heterocycles. The van der Waals surface area contributed by atoms with Crippen LogP contribution in [0.1, 0.15) is 66.2 Å². The number of esters is 1. The number of aliphatic hydroxyl groups is 1. The fourth-order valence-electron chi connectivity index (χ4n) is 7.07. The molecule has 0 saturated heterocycles. The molecule has 0 aromatic carbocycles. The second-order valence-electron chi connectivity index (χ2n) is 10.8. The molecule has 2 unspecified atom stereocenters. The van der Waals surface area contributed by atoms with Crippen molar-refractivity contribution in [1.82, 2.24) is 0 Å². The second kappa shape index (κ2) is 8.15. The molecule has 2 fully saturated rings. The lowest BCUT2D eigenvalue weighted by molar-refractivity contribution is -0.168. The van der Waals surface area contributed by atoms with Crippen LogP contribution in [-0.2, 0) is 23.9 Å². The van der Waals surface area contributed by atoms with Crippen LogP contribution in [0.5, 0.6) is 0 Å². The SMILES string of the molecule is CC(=O)CCC(=O)OCC(=O)[C@@]1(O)[C@H](C)CC2C3CCC4=CC(=O)C=C[C@]4(C)C3=CC[C@@]21C. The average Bonchev–Trinajstić information content (AvgIpc) is 2.98. The van der Waals surface area contributed by atoms with Gasteiger partial charge in [0.25, 0.3) is 0 Å². The van der Waals surface area contributed by atoms with Gasteiger partial charge in [-0.2, -0.15) is 0 Å². The molecule has 0 heterocycles. The molecule has 0 bridgehead atoms. The molecule has 0 aromatic rings. The predicted octanol–water partition coefficient (Wildman–Crippen LogP) is 3.67. The van der Waals surface area contributed by atoms with Gasteiger partial charge in [0.1, 0.15) is 11.4 Å². The average molecular weight is 455 g/mol. The van der Waals surface area contributed by atoms with E-state index in [1.165, 1.54) is 12.5 Å². The first kappa shape index (κ1) is 23.8. The van der Waals surface area contributed by atoms with Gasteiger partial charge in [0, 0.05) is 17.3 Å². The zero-order valence-corrected chi connectivity index (χ0v) is 20.0. The predicted molar refractivity (Wildman–Crippen MR) is 122 cm³/mol. The number of ether oxygens (including phenoxy) is 1. The molecular formula is C27H34O6. The van der Waals surface area contributed by atoms with Crippen LogP contribution in [0.3, 0.4) is 0 Å². The lowest BCUT2D eigenvalue weighted by atomic mass is 9.51. The highest BCUT2D eigenvalue weighted by Gasteiger charge is 2.67. The van der Waals surface area contributed by atoms with Crippen LogP contribution in [-0.4, -0.2) is 40.6 Å². The number of fused-ring (bicyclic) bond motifs is 5. The Bertz CT molecular complexity index is 1000. The van der Waals surface area contributed by atoms with Crippen molar-refractivity contribution in [3.63, 3.8) is 0 Å². The third-order valence-electron chi connectivity index (χ3n) is 9.00. The van der Waals surface area contributed by atoms with Gasteiger partial charge < -0.3 is 14.6 Å². The van der Waals surface area contributed by atoms with E-state index in [0.29, 0.717) is 6.42 Å². The Balaban J connectivity index is 1.58. The van der Waals surface area contributed by atoms with E-state index in [1.54, 1.807) is 12.2 Å². The lowest BCUT2D eigenvalue weighted by Crippen LogP contribution is -2.57. The quantitative estimate of drug-likeness (QED) is 0.486. The first-order valence-electron chi connectivity index (χ1n) is 12.0. The molecule has 4 aliphatic rings. The van der Waals surface area contributed by atoms with Crippen molar-refractivity contribution in [2.75, 3.05) is 6.61 Å². The van der Waals surface area contributed by atoms with E-state index in [2.05, 4.69) is 13.0 Å². The summed E-state index contributed by atoms with van der Waals surface area (Å²) in [6.45, 7) is 7.00. The minimum atomic E-state index is -1.59. The van der Waals surface area contributed by atoms with Crippen molar-refractivity contribution in [3.8, 4) is 0 Å². The minimum Gasteiger partial charge on any atom is -0.458 e. The highest BCUT2D eigenvalue weighted by Crippen LogP contribution is 2.66. The summed E-state index contributed by atoms with van der Waals surface area (Å²) in [6, 6.07) is 0. The number of hydrogen-bond donors (Lipinski definition) is 1. The molecule has 4 aliphatic carbocycles. The standard InChI is InChI=1S/C27H34O6/c1-16-13-22-20-7-6-18-14-19(29)9-11-25(18,3)21(20)10-12-26(22,4)27(16,32)23(30)15-33-24(31)8-5-17(2)28/h9-11,14,16,20,22,32H,5-8,12-13,15H2,1-4H3/t16-,20?,22?,25+,26+,27+/m1/s1. The van der Waals surface area contributed by atoms with Gasteiger partial charge in [0.05, 0.1) is 6.42 Å². The smallest absolute Gasteiger partial charge is 0.306 e. The first-order chi connectivity index (χ1) is 15.4. The number of allylic oxidation sites excluding steroid dienone is 6. The maximum Gasteiger partial charge on any atom is 0.306 e. The Hall–Kier alpha value is -2.34. The topological polar surface area (TPSA) is 97.7 Å². The normalized spacial score (nSPS) is 39.1. The Morgan fingerprint density at radius 2 is 1.94 bits per heavy atom. The summed E-state index contributed by atoms with van der Waals surface area (Å²) < 4.78 is 5.14. The molecule has 0 radical (unpaired) electrons. The Morgan fingerprint density at radius 3 is 2.64 bits per heavy atom. The summed E-state index contributed by atoms with van der Waals surface area (Å²) in [5.74, 6) is -1.05. The van der Waals surface area contributed by atoms with Crippen LogP contribution in [0.2, 0.25) is 0 Å². The van der Waals surface area contributed by atoms with Crippen LogP contribution in [0.4, 0.5) is 0 Å². The van der Waals surface area contributed by atoms with E-state index in [0.717, 1.165) is 24.8 Å². The lowest BCUT2D eigenvalue weighted by Gasteiger charge is -2.53. The molecule has 4 rings (SSSR count). The van der Waals surface area contributed by atoms with Crippen molar-refractivity contribution in [1.29, 1.82) is 0 Å². The molecule has 2 saturated carbocycles. The van der Waals surface area contributed by atoms with Crippen LogP contribution >= 0.6 is 0 Å². The van der Waals surface area contributed by atoms with E-state index in [-0.39, 0.29) is 47.6 Å². The molecule has 6 heteroatoms. The number of hydrogen-bond acceptors (Lipinski definition) is 6. The van der Waals surface area contributed by atoms with Crippen molar-refractivity contribution >= 4 is 23.3 Å². The third kappa shape index (κ3) is 3.58. The molecule has 6 atom stereocenters. The summed E-state index contributed by atoms with van der Waals surface area (Å²) in [5.41, 5.74) is -0.0782. The molecule has 0 amide bonds. The van der Waals surface area contributed by atoms with Crippen molar-refractivity contribution < 1.29 is 29.0 Å². The zero-order chi connectivity index (χ0) is 24.2. The molecule has 0 aliphatic heterocycles. The molecule has 0 spiro atoms. The fraction of sp³-hybridized carbons (Fsp3) is 0.630. The summed E-state index contributed by atoms with van der Waals surface area (Å²) in [7, 11) is 0. The van der Waals surface area contributed by atoms with E-state index in [9.17, 15) is 24.3 Å². The van der Waals surface area contributed by atoms with Gasteiger partial charge in [-0.15, -0.1) is 0 Å². The number of carbonyl (C=O) groups excluding carboxylic acids is 4. The Labute approximate surface area is 195 Å². The number of Topliss-reactive ketones (excluding diaryl/α,β-unsaturated/α-hetero) is 2.